The molecular weight excluding hydrogens is 275 g/mol. The number of halogens is 2. The second-order valence-electron chi connectivity index (χ2n) is 4.49. The highest BCUT2D eigenvalue weighted by molar-refractivity contribution is 6.30. The van der Waals surface area contributed by atoms with Crippen molar-refractivity contribution in [3.05, 3.63) is 71.3 Å². The van der Waals surface area contributed by atoms with Crippen LogP contribution in [0.5, 0.6) is 0 Å². The molecule has 1 N–H and O–H groups in total. The number of nitrogens with zero attached hydrogens (tertiary/aromatic N) is 1. The lowest BCUT2D eigenvalue weighted by atomic mass is 10.1. The third-order valence-electron chi connectivity index (χ3n) is 3.17. The molecule has 3 aromatic rings. The van der Waals surface area contributed by atoms with Gasteiger partial charge >= 0.3 is 0 Å². The minimum atomic E-state index is -0.348. The maximum Gasteiger partial charge on any atom is 0.147 e. The van der Waals surface area contributed by atoms with Gasteiger partial charge in [-0.1, -0.05) is 29.8 Å². The molecule has 0 bridgehead atoms. The van der Waals surface area contributed by atoms with Crippen LogP contribution in [-0.2, 0) is 6.54 Å². The summed E-state index contributed by atoms with van der Waals surface area (Å²) in [6.45, 7) is 0.542. The van der Waals surface area contributed by atoms with Crippen LogP contribution in [0.15, 0.2) is 54.9 Å². The molecule has 0 aliphatic carbocycles. The van der Waals surface area contributed by atoms with Gasteiger partial charge in [-0.15, -0.1) is 0 Å². The largest absolute Gasteiger partial charge is 0.379 e. The van der Waals surface area contributed by atoms with Crippen molar-refractivity contribution < 1.29 is 4.39 Å². The molecule has 0 saturated heterocycles. The molecule has 0 unspecified atom stereocenters. The molecule has 0 saturated carbocycles. The van der Waals surface area contributed by atoms with Crippen molar-refractivity contribution in [1.82, 2.24) is 4.98 Å². The van der Waals surface area contributed by atoms with Crippen LogP contribution in [0, 0.1) is 5.82 Å². The van der Waals surface area contributed by atoms with Crippen LogP contribution in [0.2, 0.25) is 5.02 Å². The van der Waals surface area contributed by atoms with Gasteiger partial charge in [0.2, 0.25) is 0 Å². The number of benzene rings is 2. The average Bonchev–Trinajstić information content (AvgIpc) is 2.46. The lowest BCUT2D eigenvalue weighted by Crippen LogP contribution is -2.02. The minimum absolute atomic E-state index is 0.348. The maximum absolute atomic E-state index is 13.7. The molecule has 2 nitrogen and oxygen atoms in total. The molecule has 0 spiro atoms. The van der Waals surface area contributed by atoms with Gasteiger partial charge < -0.3 is 5.32 Å². The van der Waals surface area contributed by atoms with E-state index < -0.39 is 0 Å². The Morgan fingerprint density at radius 3 is 2.90 bits per heavy atom. The van der Waals surface area contributed by atoms with Gasteiger partial charge in [-0.3, -0.25) is 4.98 Å². The Bertz CT molecular complexity index is 753. The number of nitrogens with one attached hydrogen (secondary N) is 1. The van der Waals surface area contributed by atoms with Gasteiger partial charge in [0.15, 0.2) is 0 Å². The van der Waals surface area contributed by atoms with Crippen LogP contribution in [-0.4, -0.2) is 4.98 Å². The summed E-state index contributed by atoms with van der Waals surface area (Å²) in [6.07, 6.45) is 3.58. The van der Waals surface area contributed by atoms with E-state index in [9.17, 15) is 4.39 Å². The molecule has 0 amide bonds. The highest BCUT2D eigenvalue weighted by Crippen LogP contribution is 2.22. The summed E-state index contributed by atoms with van der Waals surface area (Å²) < 4.78 is 13.7. The quantitative estimate of drug-likeness (QED) is 0.759. The molecule has 1 heterocycles. The predicted octanol–water partition coefficient (Wildman–Crippen LogP) is 4.64. The Hall–Kier alpha value is -2.13. The van der Waals surface area contributed by atoms with Crippen LogP contribution in [0.25, 0.3) is 10.8 Å². The van der Waals surface area contributed by atoms with Gasteiger partial charge in [0, 0.05) is 29.3 Å². The highest BCUT2D eigenvalue weighted by Gasteiger charge is 2.04. The third kappa shape index (κ3) is 2.58. The van der Waals surface area contributed by atoms with Crippen molar-refractivity contribution in [2.45, 2.75) is 6.54 Å². The van der Waals surface area contributed by atoms with Gasteiger partial charge in [-0.25, -0.2) is 4.39 Å². The number of aromatic nitrogens is 1. The van der Waals surface area contributed by atoms with E-state index in [2.05, 4.69) is 10.3 Å². The minimum Gasteiger partial charge on any atom is -0.379 e. The Labute approximate surface area is 121 Å². The van der Waals surface area contributed by atoms with E-state index in [0.29, 0.717) is 17.3 Å². The standard InChI is InChI=1S/C16H12ClFN2/c17-13-4-5-16(15(18)8-13)20-10-12-3-1-2-11-9-19-7-6-14(11)12/h1-9,20H,10H2. The van der Waals surface area contributed by atoms with Crippen LogP contribution in [0.4, 0.5) is 10.1 Å². The van der Waals surface area contributed by atoms with E-state index in [1.165, 1.54) is 6.07 Å². The first-order valence-electron chi connectivity index (χ1n) is 6.24. The zero-order chi connectivity index (χ0) is 13.9. The molecule has 0 fully saturated rings. The second-order valence-corrected chi connectivity index (χ2v) is 4.93. The molecule has 20 heavy (non-hydrogen) atoms. The topological polar surface area (TPSA) is 24.9 Å². The van der Waals surface area contributed by atoms with Crippen LogP contribution >= 0.6 is 11.6 Å². The lowest BCUT2D eigenvalue weighted by Gasteiger charge is -2.10. The number of fused-ring (bicyclic) bond motifs is 1. The molecule has 1 aromatic heterocycles. The van der Waals surface area contributed by atoms with Crippen molar-refractivity contribution in [1.29, 1.82) is 0 Å². The highest BCUT2D eigenvalue weighted by atomic mass is 35.5. The summed E-state index contributed by atoms with van der Waals surface area (Å²) in [5.41, 5.74) is 1.54. The van der Waals surface area contributed by atoms with E-state index in [0.717, 1.165) is 16.3 Å². The van der Waals surface area contributed by atoms with Crippen LogP contribution in [0.1, 0.15) is 5.56 Å². The lowest BCUT2D eigenvalue weighted by molar-refractivity contribution is 0.630. The van der Waals surface area contributed by atoms with Gasteiger partial charge in [0.25, 0.3) is 0 Å². The van der Waals surface area contributed by atoms with E-state index >= 15 is 0 Å². The first-order valence-corrected chi connectivity index (χ1v) is 6.62. The summed E-state index contributed by atoms with van der Waals surface area (Å²) >= 11 is 5.74. The third-order valence-corrected chi connectivity index (χ3v) is 3.41. The van der Waals surface area contributed by atoms with Gasteiger partial charge in [-0.05, 0) is 35.2 Å². The number of hydrogen-bond acceptors (Lipinski definition) is 2. The number of pyridine rings is 1. The van der Waals surface area contributed by atoms with Crippen LogP contribution < -0.4 is 5.32 Å². The molecule has 3 rings (SSSR count). The molecule has 0 aliphatic rings. The molecular formula is C16H12ClFN2. The molecule has 100 valence electrons. The Morgan fingerprint density at radius 2 is 2.05 bits per heavy atom. The van der Waals surface area contributed by atoms with Crippen molar-refractivity contribution in [2.75, 3.05) is 5.32 Å². The SMILES string of the molecule is Fc1cc(Cl)ccc1NCc1cccc2cnccc12. The van der Waals surface area contributed by atoms with Crippen LogP contribution in [0.3, 0.4) is 0 Å². The van der Waals surface area contributed by atoms with Crippen molar-refractivity contribution in [3.63, 3.8) is 0 Å². The van der Waals surface area contributed by atoms with Crippen molar-refractivity contribution in [2.24, 2.45) is 0 Å². The summed E-state index contributed by atoms with van der Waals surface area (Å²) in [5.74, 6) is -0.348. The zero-order valence-electron chi connectivity index (χ0n) is 10.6. The Morgan fingerprint density at radius 1 is 1.15 bits per heavy atom. The van der Waals surface area contributed by atoms with E-state index in [4.69, 9.17) is 11.6 Å². The van der Waals surface area contributed by atoms with Gasteiger partial charge in [-0.2, -0.15) is 0 Å². The number of hydrogen-bond donors (Lipinski definition) is 1. The van der Waals surface area contributed by atoms with Gasteiger partial charge in [0.05, 0.1) is 5.69 Å². The first kappa shape index (κ1) is 12.9. The smallest absolute Gasteiger partial charge is 0.147 e. The number of anilines is 1. The summed E-state index contributed by atoms with van der Waals surface area (Å²) in [7, 11) is 0. The van der Waals surface area contributed by atoms with E-state index in [1.807, 2.05) is 30.5 Å². The predicted molar refractivity (Wildman–Crippen MR) is 80.5 cm³/mol. The molecule has 0 radical (unpaired) electrons. The number of rotatable bonds is 3. The van der Waals surface area contributed by atoms with Crippen molar-refractivity contribution in [3.8, 4) is 0 Å². The van der Waals surface area contributed by atoms with Crippen molar-refractivity contribution >= 4 is 28.1 Å². The summed E-state index contributed by atoms with van der Waals surface area (Å²) in [4.78, 5) is 4.10. The molecule has 4 heteroatoms. The maximum atomic E-state index is 13.7. The normalized spacial score (nSPS) is 10.7. The zero-order valence-corrected chi connectivity index (χ0v) is 11.4. The second kappa shape index (κ2) is 5.47. The fourth-order valence-electron chi connectivity index (χ4n) is 2.17. The van der Waals surface area contributed by atoms with Gasteiger partial charge in [0.1, 0.15) is 5.82 Å². The summed E-state index contributed by atoms with van der Waals surface area (Å²) in [6, 6.07) is 12.6. The monoisotopic (exact) mass is 286 g/mol. The fourth-order valence-corrected chi connectivity index (χ4v) is 2.33. The molecule has 0 aliphatic heterocycles. The summed E-state index contributed by atoms with van der Waals surface area (Å²) in [5, 5.41) is 5.68. The van der Waals surface area contributed by atoms with E-state index in [1.54, 1.807) is 18.3 Å². The Balaban J connectivity index is 1.87. The first-order chi connectivity index (χ1) is 9.74. The molecule has 2 aromatic carbocycles. The Kier molecular flexibility index (Phi) is 3.52. The van der Waals surface area contributed by atoms with E-state index in [-0.39, 0.29) is 5.82 Å². The average molecular weight is 287 g/mol. The molecule has 0 atom stereocenters. The fraction of sp³-hybridized carbons (Fsp3) is 0.0625.